The molecule has 1 heterocycles. The first kappa shape index (κ1) is 14.1. The van der Waals surface area contributed by atoms with Crippen molar-refractivity contribution in [3.05, 3.63) is 64.8 Å². The van der Waals surface area contributed by atoms with Crippen LogP contribution >= 0.6 is 0 Å². The van der Waals surface area contributed by atoms with E-state index < -0.39 is 0 Å². The first-order valence-corrected chi connectivity index (χ1v) is 7.36. The quantitative estimate of drug-likeness (QED) is 0.710. The van der Waals surface area contributed by atoms with Gasteiger partial charge in [0.05, 0.1) is 23.3 Å². The lowest BCUT2D eigenvalue weighted by molar-refractivity contribution is 1.12. The standard InChI is InChI=1S/C19H17N3/c1-3-16(18-10-15(11-20)5-4-13(18)2)8-14-6-7-19-17(9-14)12-21-22-19/h4-10,12H,3H2,1-2H3,(H,21,22)/b16-8+. The fourth-order valence-corrected chi connectivity index (χ4v) is 2.66. The summed E-state index contributed by atoms with van der Waals surface area (Å²) in [4.78, 5) is 0. The zero-order valence-corrected chi connectivity index (χ0v) is 12.7. The third-order valence-electron chi connectivity index (χ3n) is 3.90. The van der Waals surface area contributed by atoms with E-state index in [-0.39, 0.29) is 0 Å². The number of aromatic nitrogens is 2. The summed E-state index contributed by atoms with van der Waals surface area (Å²) in [5.41, 5.74) is 6.46. The molecule has 1 aromatic heterocycles. The molecule has 22 heavy (non-hydrogen) atoms. The highest BCUT2D eigenvalue weighted by Gasteiger charge is 2.06. The largest absolute Gasteiger partial charge is 0.278 e. The van der Waals surface area contributed by atoms with E-state index in [0.29, 0.717) is 5.56 Å². The summed E-state index contributed by atoms with van der Waals surface area (Å²) in [5, 5.41) is 17.2. The van der Waals surface area contributed by atoms with E-state index in [1.807, 2.05) is 30.5 Å². The minimum atomic E-state index is 0.699. The van der Waals surface area contributed by atoms with Crippen LogP contribution in [0.5, 0.6) is 0 Å². The van der Waals surface area contributed by atoms with E-state index in [9.17, 15) is 0 Å². The molecule has 0 unspecified atom stereocenters. The van der Waals surface area contributed by atoms with E-state index in [1.165, 1.54) is 11.1 Å². The molecule has 3 nitrogen and oxygen atoms in total. The SMILES string of the molecule is CC/C(=C\c1ccc2[nH]ncc2c1)c1cc(C#N)ccc1C. The van der Waals surface area contributed by atoms with Gasteiger partial charge in [-0.2, -0.15) is 10.4 Å². The Kier molecular flexibility index (Phi) is 3.76. The van der Waals surface area contributed by atoms with Crippen LogP contribution in [-0.2, 0) is 0 Å². The van der Waals surface area contributed by atoms with Crippen molar-refractivity contribution in [3.63, 3.8) is 0 Å². The molecule has 0 saturated heterocycles. The smallest absolute Gasteiger partial charge is 0.0991 e. The van der Waals surface area contributed by atoms with Crippen LogP contribution in [0.25, 0.3) is 22.6 Å². The summed E-state index contributed by atoms with van der Waals surface area (Å²) >= 11 is 0. The monoisotopic (exact) mass is 287 g/mol. The number of aromatic amines is 1. The predicted octanol–water partition coefficient (Wildman–Crippen LogP) is 4.69. The van der Waals surface area contributed by atoms with Gasteiger partial charge in [-0.05, 0) is 59.9 Å². The van der Waals surface area contributed by atoms with Crippen molar-refractivity contribution in [2.75, 3.05) is 0 Å². The highest BCUT2D eigenvalue weighted by atomic mass is 15.1. The van der Waals surface area contributed by atoms with Gasteiger partial charge in [0, 0.05) is 5.39 Å². The lowest BCUT2D eigenvalue weighted by Crippen LogP contribution is -1.90. The number of aryl methyl sites for hydroxylation is 1. The number of hydrogen-bond donors (Lipinski definition) is 1. The Morgan fingerprint density at radius 1 is 1.27 bits per heavy atom. The molecule has 2 aromatic carbocycles. The van der Waals surface area contributed by atoms with Crippen molar-refractivity contribution < 1.29 is 0 Å². The van der Waals surface area contributed by atoms with Crippen LogP contribution in [0.3, 0.4) is 0 Å². The molecule has 3 aromatic rings. The van der Waals surface area contributed by atoms with Crippen LogP contribution in [0.1, 0.15) is 35.6 Å². The topological polar surface area (TPSA) is 52.5 Å². The van der Waals surface area contributed by atoms with E-state index in [2.05, 4.69) is 48.3 Å². The number of rotatable bonds is 3. The summed E-state index contributed by atoms with van der Waals surface area (Å²) in [6.45, 7) is 4.22. The van der Waals surface area contributed by atoms with Crippen molar-refractivity contribution in [2.24, 2.45) is 0 Å². The molecule has 1 N–H and O–H groups in total. The van der Waals surface area contributed by atoms with Gasteiger partial charge in [0.2, 0.25) is 0 Å². The molecule has 0 aliphatic carbocycles. The summed E-state index contributed by atoms with van der Waals surface area (Å²) in [6.07, 6.45) is 4.94. The number of nitrogens with zero attached hydrogens (tertiary/aromatic N) is 2. The Morgan fingerprint density at radius 3 is 2.91 bits per heavy atom. The lowest BCUT2D eigenvalue weighted by atomic mass is 9.95. The third-order valence-corrected chi connectivity index (χ3v) is 3.90. The van der Waals surface area contributed by atoms with Gasteiger partial charge in [0.25, 0.3) is 0 Å². The van der Waals surface area contributed by atoms with Crippen molar-refractivity contribution in [2.45, 2.75) is 20.3 Å². The van der Waals surface area contributed by atoms with Crippen LogP contribution < -0.4 is 0 Å². The van der Waals surface area contributed by atoms with Crippen LogP contribution in [0.2, 0.25) is 0 Å². The van der Waals surface area contributed by atoms with E-state index >= 15 is 0 Å². The van der Waals surface area contributed by atoms with Gasteiger partial charge in [0.15, 0.2) is 0 Å². The minimum absolute atomic E-state index is 0.699. The summed E-state index contributed by atoms with van der Waals surface area (Å²) in [6, 6.07) is 14.3. The first-order valence-electron chi connectivity index (χ1n) is 7.36. The van der Waals surface area contributed by atoms with Gasteiger partial charge in [-0.1, -0.05) is 25.1 Å². The molecule has 0 spiro atoms. The second-order valence-corrected chi connectivity index (χ2v) is 5.38. The normalized spacial score (nSPS) is 11.6. The van der Waals surface area contributed by atoms with Crippen LogP contribution in [-0.4, -0.2) is 10.2 Å². The van der Waals surface area contributed by atoms with Gasteiger partial charge in [-0.3, -0.25) is 5.10 Å². The summed E-state index contributed by atoms with van der Waals surface area (Å²) in [7, 11) is 0. The number of H-pyrrole nitrogens is 1. The zero-order valence-electron chi connectivity index (χ0n) is 12.7. The molecular formula is C19H17N3. The number of nitrogens with one attached hydrogen (secondary N) is 1. The van der Waals surface area contributed by atoms with Crippen LogP contribution in [0.15, 0.2) is 42.6 Å². The minimum Gasteiger partial charge on any atom is -0.278 e. The lowest BCUT2D eigenvalue weighted by Gasteiger charge is -2.10. The Balaban J connectivity index is 2.08. The number of allylic oxidation sites excluding steroid dienone is 1. The van der Waals surface area contributed by atoms with Gasteiger partial charge in [0.1, 0.15) is 0 Å². The number of nitriles is 1. The first-order chi connectivity index (χ1) is 10.7. The van der Waals surface area contributed by atoms with E-state index in [1.54, 1.807) is 0 Å². The molecular weight excluding hydrogens is 270 g/mol. The Morgan fingerprint density at radius 2 is 2.14 bits per heavy atom. The van der Waals surface area contributed by atoms with Gasteiger partial charge >= 0.3 is 0 Å². The Hall–Kier alpha value is -2.86. The third kappa shape index (κ3) is 2.64. The van der Waals surface area contributed by atoms with E-state index in [0.717, 1.165) is 28.5 Å². The average Bonchev–Trinajstić information content (AvgIpc) is 3.01. The molecule has 108 valence electrons. The highest BCUT2D eigenvalue weighted by Crippen LogP contribution is 2.26. The van der Waals surface area contributed by atoms with Gasteiger partial charge < -0.3 is 0 Å². The highest BCUT2D eigenvalue weighted by molar-refractivity contribution is 5.87. The molecule has 0 saturated carbocycles. The van der Waals surface area contributed by atoms with Crippen molar-refractivity contribution >= 4 is 22.6 Å². The number of hydrogen-bond acceptors (Lipinski definition) is 2. The molecule has 3 rings (SSSR count). The van der Waals surface area contributed by atoms with Crippen LogP contribution in [0.4, 0.5) is 0 Å². The maximum atomic E-state index is 9.11. The maximum absolute atomic E-state index is 9.11. The summed E-state index contributed by atoms with van der Waals surface area (Å²) in [5.74, 6) is 0. The maximum Gasteiger partial charge on any atom is 0.0991 e. The fourth-order valence-electron chi connectivity index (χ4n) is 2.66. The molecule has 0 radical (unpaired) electrons. The molecule has 0 atom stereocenters. The molecule has 0 aliphatic heterocycles. The molecule has 0 bridgehead atoms. The Labute approximate surface area is 129 Å². The second-order valence-electron chi connectivity index (χ2n) is 5.38. The number of benzene rings is 2. The van der Waals surface area contributed by atoms with Gasteiger partial charge in [-0.25, -0.2) is 0 Å². The predicted molar refractivity (Wildman–Crippen MR) is 90.1 cm³/mol. The molecule has 0 aliphatic rings. The Bertz CT molecular complexity index is 894. The molecule has 3 heteroatoms. The molecule has 0 fully saturated rings. The second kappa shape index (κ2) is 5.87. The van der Waals surface area contributed by atoms with Crippen molar-refractivity contribution in [1.82, 2.24) is 10.2 Å². The molecule has 0 amide bonds. The van der Waals surface area contributed by atoms with Crippen LogP contribution in [0, 0.1) is 18.3 Å². The average molecular weight is 287 g/mol. The van der Waals surface area contributed by atoms with Gasteiger partial charge in [-0.15, -0.1) is 0 Å². The summed E-state index contributed by atoms with van der Waals surface area (Å²) < 4.78 is 0. The van der Waals surface area contributed by atoms with Crippen molar-refractivity contribution in [1.29, 1.82) is 5.26 Å². The zero-order chi connectivity index (χ0) is 15.5. The van der Waals surface area contributed by atoms with Crippen molar-refractivity contribution in [3.8, 4) is 6.07 Å². The number of fused-ring (bicyclic) bond motifs is 1. The van der Waals surface area contributed by atoms with E-state index in [4.69, 9.17) is 5.26 Å². The fraction of sp³-hybridized carbons (Fsp3) is 0.158.